The summed E-state index contributed by atoms with van der Waals surface area (Å²) >= 11 is 2.20. The van der Waals surface area contributed by atoms with E-state index in [1.807, 2.05) is 42.5 Å². The zero-order valence-electron chi connectivity index (χ0n) is 11.4. The first kappa shape index (κ1) is 14.3. The minimum Gasteiger partial charge on any atom is -0.308 e. The van der Waals surface area contributed by atoms with Gasteiger partial charge in [-0.1, -0.05) is 18.2 Å². The van der Waals surface area contributed by atoms with Crippen molar-refractivity contribution in [3.63, 3.8) is 0 Å². The van der Waals surface area contributed by atoms with E-state index in [2.05, 4.69) is 22.6 Å². The molecule has 0 unspecified atom stereocenters. The second-order valence-electron chi connectivity index (χ2n) is 5.01. The van der Waals surface area contributed by atoms with Crippen LogP contribution in [-0.4, -0.2) is 18.2 Å². The first-order chi connectivity index (χ1) is 10.2. The van der Waals surface area contributed by atoms with E-state index in [0.29, 0.717) is 30.5 Å². The molecule has 21 heavy (non-hydrogen) atoms. The monoisotopic (exact) mass is 391 g/mol. The molecule has 0 saturated carbocycles. The van der Waals surface area contributed by atoms with E-state index < -0.39 is 0 Å². The van der Waals surface area contributed by atoms with Crippen LogP contribution in [0.15, 0.2) is 48.5 Å². The quantitative estimate of drug-likeness (QED) is 0.692. The van der Waals surface area contributed by atoms with E-state index in [4.69, 9.17) is 0 Å². The fourth-order valence-corrected chi connectivity index (χ4v) is 3.13. The lowest BCUT2D eigenvalue weighted by molar-refractivity contribution is 0.0973. The number of rotatable bonds is 1. The Hall–Kier alpha value is -1.69. The third-order valence-corrected chi connectivity index (χ3v) is 4.27. The lowest BCUT2D eigenvalue weighted by Crippen LogP contribution is -2.31. The van der Waals surface area contributed by atoms with E-state index in [0.717, 1.165) is 9.26 Å². The Morgan fingerprint density at radius 1 is 1.10 bits per heavy atom. The Balaban J connectivity index is 2.04. The Morgan fingerprint density at radius 2 is 1.90 bits per heavy atom. The maximum atomic E-state index is 12.8. The second kappa shape index (κ2) is 5.97. The van der Waals surface area contributed by atoms with Gasteiger partial charge >= 0.3 is 0 Å². The van der Waals surface area contributed by atoms with Gasteiger partial charge in [0, 0.05) is 27.7 Å². The molecular weight excluding hydrogens is 377 g/mol. The molecule has 0 radical (unpaired) electrons. The number of anilines is 1. The average Bonchev–Trinajstić information content (AvgIpc) is 2.66. The minimum absolute atomic E-state index is 0.0457. The smallest absolute Gasteiger partial charge is 0.258 e. The molecule has 1 heterocycles. The van der Waals surface area contributed by atoms with Crippen LogP contribution in [0.25, 0.3) is 0 Å². The highest BCUT2D eigenvalue weighted by molar-refractivity contribution is 14.1. The lowest BCUT2D eigenvalue weighted by Gasteiger charge is -2.22. The zero-order chi connectivity index (χ0) is 14.8. The zero-order valence-corrected chi connectivity index (χ0v) is 13.5. The maximum Gasteiger partial charge on any atom is 0.258 e. The van der Waals surface area contributed by atoms with Gasteiger partial charge in [-0.05, 0) is 59.3 Å². The third kappa shape index (κ3) is 2.85. The highest BCUT2D eigenvalue weighted by Crippen LogP contribution is 2.27. The van der Waals surface area contributed by atoms with Gasteiger partial charge < -0.3 is 4.90 Å². The molecule has 0 spiro atoms. The summed E-state index contributed by atoms with van der Waals surface area (Å²) in [5.74, 6) is 0.0687. The third-order valence-electron chi connectivity index (χ3n) is 3.60. The molecule has 0 bridgehead atoms. The Morgan fingerprint density at radius 3 is 2.71 bits per heavy atom. The summed E-state index contributed by atoms with van der Waals surface area (Å²) in [6, 6.07) is 14.9. The van der Waals surface area contributed by atoms with Gasteiger partial charge in [-0.2, -0.15) is 0 Å². The Kier molecular flexibility index (Phi) is 4.05. The van der Waals surface area contributed by atoms with Crippen LogP contribution in [0.3, 0.4) is 0 Å². The van der Waals surface area contributed by atoms with Crippen molar-refractivity contribution in [2.24, 2.45) is 0 Å². The van der Waals surface area contributed by atoms with Crippen molar-refractivity contribution in [1.29, 1.82) is 0 Å². The van der Waals surface area contributed by atoms with Crippen molar-refractivity contribution in [2.75, 3.05) is 11.4 Å². The molecule has 3 nitrogen and oxygen atoms in total. The highest BCUT2D eigenvalue weighted by atomic mass is 127. The van der Waals surface area contributed by atoms with Gasteiger partial charge in [0.05, 0.1) is 5.69 Å². The van der Waals surface area contributed by atoms with E-state index in [-0.39, 0.29) is 11.7 Å². The van der Waals surface area contributed by atoms with Crippen molar-refractivity contribution in [2.45, 2.75) is 12.8 Å². The van der Waals surface area contributed by atoms with Gasteiger partial charge in [-0.25, -0.2) is 0 Å². The molecule has 1 amide bonds. The van der Waals surface area contributed by atoms with Crippen molar-refractivity contribution >= 4 is 40.0 Å². The SMILES string of the molecule is O=C1CCCN(C(=O)c2cccc(I)c2)c2ccccc21. The van der Waals surface area contributed by atoms with Crippen LogP contribution < -0.4 is 4.90 Å². The summed E-state index contributed by atoms with van der Waals surface area (Å²) in [7, 11) is 0. The van der Waals surface area contributed by atoms with Gasteiger partial charge in [-0.15, -0.1) is 0 Å². The number of halogens is 1. The number of hydrogen-bond donors (Lipinski definition) is 0. The summed E-state index contributed by atoms with van der Waals surface area (Å²) in [6.07, 6.45) is 1.19. The van der Waals surface area contributed by atoms with Gasteiger partial charge in [0.1, 0.15) is 0 Å². The van der Waals surface area contributed by atoms with Gasteiger partial charge in [0.25, 0.3) is 5.91 Å². The molecular formula is C17H14INO2. The van der Waals surface area contributed by atoms with Crippen molar-refractivity contribution in [1.82, 2.24) is 0 Å². The highest BCUT2D eigenvalue weighted by Gasteiger charge is 2.25. The number of hydrogen-bond acceptors (Lipinski definition) is 2. The first-order valence-electron chi connectivity index (χ1n) is 6.86. The van der Waals surface area contributed by atoms with E-state index in [9.17, 15) is 9.59 Å². The van der Waals surface area contributed by atoms with E-state index in [1.165, 1.54) is 0 Å². The molecule has 0 N–H and O–H groups in total. The van der Waals surface area contributed by atoms with Crippen LogP contribution in [0.4, 0.5) is 5.69 Å². The van der Waals surface area contributed by atoms with Gasteiger partial charge in [0.15, 0.2) is 5.78 Å². The van der Waals surface area contributed by atoms with Gasteiger partial charge in [0.2, 0.25) is 0 Å². The summed E-state index contributed by atoms with van der Waals surface area (Å²) < 4.78 is 1.03. The molecule has 1 aliphatic rings. The molecule has 0 aromatic heterocycles. The Bertz CT molecular complexity index is 711. The number of carbonyl (C=O) groups is 2. The van der Waals surface area contributed by atoms with E-state index >= 15 is 0 Å². The van der Waals surface area contributed by atoms with Crippen LogP contribution in [0.5, 0.6) is 0 Å². The van der Waals surface area contributed by atoms with Crippen LogP contribution >= 0.6 is 22.6 Å². The molecule has 106 valence electrons. The number of Topliss-reactive ketones (excluding diaryl/α,β-unsaturated/α-hetero) is 1. The number of nitrogens with zero attached hydrogens (tertiary/aromatic N) is 1. The van der Waals surface area contributed by atoms with Crippen molar-refractivity contribution in [3.8, 4) is 0 Å². The fourth-order valence-electron chi connectivity index (χ4n) is 2.59. The topological polar surface area (TPSA) is 37.4 Å². The number of amides is 1. The molecule has 0 fully saturated rings. The average molecular weight is 391 g/mol. The van der Waals surface area contributed by atoms with E-state index in [1.54, 1.807) is 11.0 Å². The molecule has 0 atom stereocenters. The van der Waals surface area contributed by atoms with Crippen LogP contribution in [0.2, 0.25) is 0 Å². The fraction of sp³-hybridized carbons (Fsp3) is 0.176. The number of benzene rings is 2. The van der Waals surface area contributed by atoms with Crippen molar-refractivity contribution in [3.05, 3.63) is 63.2 Å². The maximum absolute atomic E-state index is 12.8. The van der Waals surface area contributed by atoms with Crippen molar-refractivity contribution < 1.29 is 9.59 Å². The molecule has 0 saturated heterocycles. The predicted molar refractivity (Wildman–Crippen MR) is 90.8 cm³/mol. The van der Waals surface area contributed by atoms with Gasteiger partial charge in [-0.3, -0.25) is 9.59 Å². The largest absolute Gasteiger partial charge is 0.308 e. The number of para-hydroxylation sites is 1. The van der Waals surface area contributed by atoms with Crippen LogP contribution in [0.1, 0.15) is 33.6 Å². The summed E-state index contributed by atoms with van der Waals surface area (Å²) in [6.45, 7) is 0.576. The minimum atomic E-state index is -0.0457. The summed E-state index contributed by atoms with van der Waals surface area (Å²) in [5, 5.41) is 0. The number of carbonyl (C=O) groups excluding carboxylic acids is 2. The molecule has 2 aromatic rings. The number of ketones is 1. The summed E-state index contributed by atoms with van der Waals surface area (Å²) in [4.78, 5) is 26.6. The molecule has 1 aliphatic heterocycles. The first-order valence-corrected chi connectivity index (χ1v) is 7.94. The second-order valence-corrected chi connectivity index (χ2v) is 6.26. The van der Waals surface area contributed by atoms with Crippen LogP contribution in [-0.2, 0) is 0 Å². The molecule has 2 aromatic carbocycles. The molecule has 4 heteroatoms. The predicted octanol–water partition coefficient (Wildman–Crippen LogP) is 3.91. The molecule has 3 rings (SSSR count). The molecule has 0 aliphatic carbocycles. The Labute approximate surface area is 137 Å². The summed E-state index contributed by atoms with van der Waals surface area (Å²) in [5.41, 5.74) is 2.03. The lowest BCUT2D eigenvalue weighted by atomic mass is 10.1. The number of fused-ring (bicyclic) bond motifs is 1. The normalized spacial score (nSPS) is 14.5. The van der Waals surface area contributed by atoms with Crippen LogP contribution in [0, 0.1) is 3.57 Å². The standard InChI is InChI=1S/C17H14INO2/c18-13-6-3-5-12(11-13)17(21)19-10-4-9-16(20)14-7-1-2-8-15(14)19/h1-3,5-8,11H,4,9-10H2.